The number of carboxylic acids is 1. The number of hydrogen-bond donors (Lipinski definition) is 1. The average Bonchev–Trinajstić information content (AvgIpc) is 3.06. The SMILES string of the molecule is COc1ccc(-c2cc(C(=O)O)nn2-c2cccc(C)c2)c(OC)c1. The molecule has 3 rings (SSSR count). The lowest BCUT2D eigenvalue weighted by Crippen LogP contribution is -2.03. The fourth-order valence-corrected chi connectivity index (χ4v) is 2.64. The van der Waals surface area contributed by atoms with Gasteiger partial charge in [-0.25, -0.2) is 9.48 Å². The maximum atomic E-state index is 11.4. The standard InChI is InChI=1S/C19H18N2O4/c1-12-5-4-6-13(9-12)21-17(11-16(20-21)19(22)23)15-8-7-14(24-2)10-18(15)25-3/h4-11H,1-3H3,(H,22,23). The third-order valence-corrected chi connectivity index (χ3v) is 3.86. The van der Waals surface area contributed by atoms with Crippen LogP contribution in [-0.2, 0) is 0 Å². The number of hydrogen-bond acceptors (Lipinski definition) is 4. The van der Waals surface area contributed by atoms with E-state index in [1.165, 1.54) is 6.07 Å². The highest BCUT2D eigenvalue weighted by molar-refractivity contribution is 5.88. The summed E-state index contributed by atoms with van der Waals surface area (Å²) < 4.78 is 12.3. The first-order valence-corrected chi connectivity index (χ1v) is 7.66. The van der Waals surface area contributed by atoms with Gasteiger partial charge >= 0.3 is 5.97 Å². The van der Waals surface area contributed by atoms with Crippen LogP contribution in [0.5, 0.6) is 11.5 Å². The van der Waals surface area contributed by atoms with Gasteiger partial charge in [0.15, 0.2) is 5.69 Å². The molecule has 25 heavy (non-hydrogen) atoms. The van der Waals surface area contributed by atoms with E-state index in [0.717, 1.165) is 16.8 Å². The maximum Gasteiger partial charge on any atom is 0.356 e. The van der Waals surface area contributed by atoms with E-state index in [2.05, 4.69) is 5.10 Å². The summed E-state index contributed by atoms with van der Waals surface area (Å²) in [4.78, 5) is 11.4. The molecule has 0 spiro atoms. The molecule has 3 aromatic rings. The quantitative estimate of drug-likeness (QED) is 0.770. The predicted molar refractivity (Wildman–Crippen MR) is 93.8 cm³/mol. The van der Waals surface area contributed by atoms with E-state index in [1.807, 2.05) is 37.3 Å². The van der Waals surface area contributed by atoms with Gasteiger partial charge in [-0.2, -0.15) is 5.10 Å². The first-order chi connectivity index (χ1) is 12.0. The van der Waals surface area contributed by atoms with Crippen molar-refractivity contribution in [3.63, 3.8) is 0 Å². The highest BCUT2D eigenvalue weighted by atomic mass is 16.5. The van der Waals surface area contributed by atoms with Crippen LogP contribution < -0.4 is 9.47 Å². The molecule has 0 saturated carbocycles. The number of aromatic carboxylic acids is 1. The van der Waals surface area contributed by atoms with Crippen LogP contribution >= 0.6 is 0 Å². The van der Waals surface area contributed by atoms with Crippen LogP contribution in [0, 0.1) is 6.92 Å². The number of benzene rings is 2. The monoisotopic (exact) mass is 338 g/mol. The van der Waals surface area contributed by atoms with Gasteiger partial charge in [0.2, 0.25) is 0 Å². The number of aromatic nitrogens is 2. The molecule has 0 aliphatic carbocycles. The number of ether oxygens (including phenoxy) is 2. The Hall–Kier alpha value is -3.28. The largest absolute Gasteiger partial charge is 0.497 e. The van der Waals surface area contributed by atoms with Crippen molar-refractivity contribution < 1.29 is 19.4 Å². The van der Waals surface area contributed by atoms with E-state index in [4.69, 9.17) is 9.47 Å². The van der Waals surface area contributed by atoms with Gasteiger partial charge in [-0.15, -0.1) is 0 Å². The lowest BCUT2D eigenvalue weighted by atomic mass is 10.1. The minimum absolute atomic E-state index is 0.0330. The molecule has 1 heterocycles. The molecular weight excluding hydrogens is 320 g/mol. The van der Waals surface area contributed by atoms with Crippen molar-refractivity contribution in [2.75, 3.05) is 14.2 Å². The number of aryl methyl sites for hydroxylation is 1. The molecule has 1 N–H and O–H groups in total. The van der Waals surface area contributed by atoms with Gasteiger partial charge in [0.25, 0.3) is 0 Å². The normalized spacial score (nSPS) is 10.5. The van der Waals surface area contributed by atoms with Gasteiger partial charge in [0, 0.05) is 11.6 Å². The molecule has 0 amide bonds. The van der Waals surface area contributed by atoms with Gasteiger partial charge in [-0.3, -0.25) is 0 Å². The molecular formula is C19H18N2O4. The summed E-state index contributed by atoms with van der Waals surface area (Å²) in [5, 5.41) is 13.6. The van der Waals surface area contributed by atoms with E-state index >= 15 is 0 Å². The van der Waals surface area contributed by atoms with Crippen molar-refractivity contribution in [2.45, 2.75) is 6.92 Å². The zero-order valence-electron chi connectivity index (χ0n) is 14.2. The molecule has 6 heteroatoms. The van der Waals surface area contributed by atoms with E-state index < -0.39 is 5.97 Å². The molecule has 0 saturated heterocycles. The van der Waals surface area contributed by atoms with Crippen molar-refractivity contribution >= 4 is 5.97 Å². The Bertz CT molecular complexity index is 931. The van der Waals surface area contributed by atoms with Gasteiger partial charge < -0.3 is 14.6 Å². The van der Waals surface area contributed by atoms with Crippen LogP contribution in [0.2, 0.25) is 0 Å². The van der Waals surface area contributed by atoms with Crippen LogP contribution in [0.3, 0.4) is 0 Å². The lowest BCUT2D eigenvalue weighted by molar-refractivity contribution is 0.0690. The molecule has 128 valence electrons. The molecule has 2 aromatic carbocycles. The second-order valence-electron chi connectivity index (χ2n) is 5.54. The fourth-order valence-electron chi connectivity index (χ4n) is 2.64. The Kier molecular flexibility index (Phi) is 4.43. The molecule has 0 radical (unpaired) electrons. The molecule has 0 bridgehead atoms. The van der Waals surface area contributed by atoms with E-state index in [-0.39, 0.29) is 5.69 Å². The van der Waals surface area contributed by atoms with Crippen molar-refractivity contribution in [3.8, 4) is 28.4 Å². The summed E-state index contributed by atoms with van der Waals surface area (Å²) in [5.74, 6) is 0.144. The Morgan fingerprint density at radius 1 is 1.08 bits per heavy atom. The summed E-state index contributed by atoms with van der Waals surface area (Å²) in [7, 11) is 3.14. The van der Waals surface area contributed by atoms with Crippen molar-refractivity contribution in [1.82, 2.24) is 9.78 Å². The molecule has 0 atom stereocenters. The van der Waals surface area contributed by atoms with Crippen LogP contribution in [0.4, 0.5) is 0 Å². The van der Waals surface area contributed by atoms with Crippen LogP contribution in [0.1, 0.15) is 16.1 Å². The number of methoxy groups -OCH3 is 2. The van der Waals surface area contributed by atoms with Gasteiger partial charge in [0.1, 0.15) is 11.5 Å². The van der Waals surface area contributed by atoms with E-state index in [9.17, 15) is 9.90 Å². The summed E-state index contributed by atoms with van der Waals surface area (Å²) in [6.45, 7) is 1.97. The first-order valence-electron chi connectivity index (χ1n) is 7.66. The van der Waals surface area contributed by atoms with Crippen LogP contribution in [-0.4, -0.2) is 35.1 Å². The minimum atomic E-state index is -1.08. The molecule has 1 aromatic heterocycles. The highest BCUT2D eigenvalue weighted by Crippen LogP contribution is 2.35. The van der Waals surface area contributed by atoms with Gasteiger partial charge in [0.05, 0.1) is 25.6 Å². The van der Waals surface area contributed by atoms with Gasteiger partial charge in [-0.1, -0.05) is 12.1 Å². The Morgan fingerprint density at radius 3 is 2.52 bits per heavy atom. The zero-order valence-corrected chi connectivity index (χ0v) is 14.2. The van der Waals surface area contributed by atoms with Crippen LogP contribution in [0.15, 0.2) is 48.5 Å². The summed E-state index contributed by atoms with van der Waals surface area (Å²) in [6.07, 6.45) is 0. The highest BCUT2D eigenvalue weighted by Gasteiger charge is 2.19. The summed E-state index contributed by atoms with van der Waals surface area (Å²) in [5.41, 5.74) is 3.15. The number of rotatable bonds is 5. The van der Waals surface area contributed by atoms with Gasteiger partial charge in [-0.05, 0) is 42.8 Å². The lowest BCUT2D eigenvalue weighted by Gasteiger charge is -2.12. The second kappa shape index (κ2) is 6.68. The second-order valence-corrected chi connectivity index (χ2v) is 5.54. The third kappa shape index (κ3) is 3.19. The molecule has 0 unspecified atom stereocenters. The number of nitrogens with zero attached hydrogens (tertiary/aromatic N) is 2. The zero-order chi connectivity index (χ0) is 18.0. The fraction of sp³-hybridized carbons (Fsp3) is 0.158. The van der Waals surface area contributed by atoms with E-state index in [0.29, 0.717) is 17.2 Å². The smallest absolute Gasteiger partial charge is 0.356 e. The summed E-state index contributed by atoms with van der Waals surface area (Å²) >= 11 is 0. The Labute approximate surface area is 145 Å². The summed E-state index contributed by atoms with van der Waals surface area (Å²) in [6, 6.07) is 14.6. The topological polar surface area (TPSA) is 73.6 Å². The number of carboxylic acid groups (broad SMARTS) is 1. The Balaban J connectivity index is 2.24. The minimum Gasteiger partial charge on any atom is -0.497 e. The average molecular weight is 338 g/mol. The van der Waals surface area contributed by atoms with Crippen molar-refractivity contribution in [3.05, 3.63) is 59.8 Å². The Morgan fingerprint density at radius 2 is 1.88 bits per heavy atom. The van der Waals surface area contributed by atoms with E-state index in [1.54, 1.807) is 31.0 Å². The van der Waals surface area contributed by atoms with Crippen molar-refractivity contribution in [2.24, 2.45) is 0 Å². The molecule has 0 aliphatic rings. The van der Waals surface area contributed by atoms with Crippen LogP contribution in [0.25, 0.3) is 16.9 Å². The first kappa shape index (κ1) is 16.6. The molecule has 6 nitrogen and oxygen atoms in total. The van der Waals surface area contributed by atoms with Crippen molar-refractivity contribution in [1.29, 1.82) is 0 Å². The third-order valence-electron chi connectivity index (χ3n) is 3.86. The predicted octanol–water partition coefficient (Wildman–Crippen LogP) is 3.56. The number of carbonyl (C=O) groups is 1. The maximum absolute atomic E-state index is 11.4. The molecule has 0 fully saturated rings. The molecule has 0 aliphatic heterocycles.